The summed E-state index contributed by atoms with van der Waals surface area (Å²) < 4.78 is 0. The van der Waals surface area contributed by atoms with Crippen LogP contribution in [0.5, 0.6) is 0 Å². The van der Waals surface area contributed by atoms with E-state index in [-0.39, 0.29) is 13.2 Å². The number of nitrogens with one attached hydrogen (secondary N) is 1. The molecule has 0 bridgehead atoms. The van der Waals surface area contributed by atoms with E-state index in [1.54, 1.807) is 6.92 Å². The Bertz CT molecular complexity index is 1090. The highest BCUT2D eigenvalue weighted by atomic mass is 16.3. The van der Waals surface area contributed by atoms with Gasteiger partial charge in [0.15, 0.2) is 0 Å². The number of aliphatic hydroxyl groups excluding tert-OH is 2. The van der Waals surface area contributed by atoms with Crippen molar-refractivity contribution in [1.82, 2.24) is 15.3 Å². The zero-order valence-corrected chi connectivity index (χ0v) is 14.6. The summed E-state index contributed by atoms with van der Waals surface area (Å²) in [5.74, 6) is 0. The van der Waals surface area contributed by atoms with Crippen molar-refractivity contribution in [1.29, 1.82) is 0 Å². The van der Waals surface area contributed by atoms with Crippen LogP contribution in [0.1, 0.15) is 12.6 Å². The zero-order chi connectivity index (χ0) is 18.1. The minimum atomic E-state index is -0.755. The minimum absolute atomic E-state index is 0.153. The average molecular weight is 347 g/mol. The number of benzene rings is 2. The van der Waals surface area contributed by atoms with Crippen molar-refractivity contribution in [2.75, 3.05) is 13.2 Å². The second-order valence-electron chi connectivity index (χ2n) is 6.88. The largest absolute Gasteiger partial charge is 0.394 e. The molecule has 0 amide bonds. The molecular weight excluding hydrogens is 326 g/mol. The quantitative estimate of drug-likeness (QED) is 0.484. The topological polar surface area (TPSA) is 78.3 Å². The molecule has 0 saturated heterocycles. The maximum absolute atomic E-state index is 9.54. The number of rotatable bonds is 5. The van der Waals surface area contributed by atoms with E-state index in [1.807, 2.05) is 42.6 Å². The zero-order valence-electron chi connectivity index (χ0n) is 14.6. The van der Waals surface area contributed by atoms with E-state index in [0.29, 0.717) is 6.54 Å². The van der Waals surface area contributed by atoms with Gasteiger partial charge in [-0.15, -0.1) is 0 Å². The molecule has 5 heteroatoms. The Kier molecular flexibility index (Phi) is 4.28. The molecule has 132 valence electrons. The summed E-state index contributed by atoms with van der Waals surface area (Å²) in [5, 5.41) is 26.5. The Hall–Kier alpha value is -2.60. The molecule has 2 aromatic carbocycles. The van der Waals surface area contributed by atoms with Crippen molar-refractivity contribution in [3.63, 3.8) is 0 Å². The lowest BCUT2D eigenvalue weighted by atomic mass is 10.0. The summed E-state index contributed by atoms with van der Waals surface area (Å²) >= 11 is 0. The van der Waals surface area contributed by atoms with Crippen molar-refractivity contribution < 1.29 is 10.2 Å². The number of fused-ring (bicyclic) bond motifs is 5. The van der Waals surface area contributed by atoms with Gasteiger partial charge in [-0.25, -0.2) is 4.98 Å². The third kappa shape index (κ3) is 2.80. The molecule has 2 heterocycles. The molecule has 0 radical (unpaired) electrons. The molecule has 0 fully saturated rings. The summed E-state index contributed by atoms with van der Waals surface area (Å²) in [6.45, 7) is 1.92. The standard InChI is InChI=1S/C21H21N3O2/c1-21(12-25,13-26)23-11-18-16-8-4-5-9-17(16)19-20(24-18)15-7-3-2-6-14(15)10-22-19/h2-10,23,25-26H,11-13H2,1H3. The number of nitrogens with zero attached hydrogens (tertiary/aromatic N) is 2. The first kappa shape index (κ1) is 16.8. The smallest absolute Gasteiger partial charge is 0.0975 e. The molecule has 4 rings (SSSR count). The van der Waals surface area contributed by atoms with Crippen LogP contribution in [-0.4, -0.2) is 38.9 Å². The molecule has 26 heavy (non-hydrogen) atoms. The molecule has 0 saturated carbocycles. The van der Waals surface area contributed by atoms with Gasteiger partial charge in [0.1, 0.15) is 0 Å². The maximum Gasteiger partial charge on any atom is 0.0975 e. The van der Waals surface area contributed by atoms with Gasteiger partial charge in [-0.3, -0.25) is 4.98 Å². The van der Waals surface area contributed by atoms with Crippen molar-refractivity contribution in [3.05, 3.63) is 60.4 Å². The summed E-state index contributed by atoms with van der Waals surface area (Å²) in [5.41, 5.74) is 1.87. The molecule has 0 spiro atoms. The van der Waals surface area contributed by atoms with Crippen LogP contribution in [0.15, 0.2) is 54.7 Å². The Morgan fingerprint density at radius 2 is 1.54 bits per heavy atom. The number of aromatic nitrogens is 2. The van der Waals surface area contributed by atoms with Crippen LogP contribution in [0.25, 0.3) is 32.6 Å². The maximum atomic E-state index is 9.54. The van der Waals surface area contributed by atoms with Crippen molar-refractivity contribution in [2.24, 2.45) is 0 Å². The van der Waals surface area contributed by atoms with Gasteiger partial charge in [0.25, 0.3) is 0 Å². The first-order valence-electron chi connectivity index (χ1n) is 8.67. The van der Waals surface area contributed by atoms with E-state index >= 15 is 0 Å². The van der Waals surface area contributed by atoms with Crippen molar-refractivity contribution in [3.8, 4) is 0 Å². The van der Waals surface area contributed by atoms with E-state index < -0.39 is 5.54 Å². The van der Waals surface area contributed by atoms with Gasteiger partial charge in [-0.05, 0) is 6.92 Å². The van der Waals surface area contributed by atoms with Gasteiger partial charge in [-0.2, -0.15) is 0 Å². The predicted octanol–water partition coefficient (Wildman–Crippen LogP) is 2.77. The van der Waals surface area contributed by atoms with E-state index in [9.17, 15) is 10.2 Å². The monoisotopic (exact) mass is 347 g/mol. The fraction of sp³-hybridized carbons (Fsp3) is 0.238. The van der Waals surface area contributed by atoms with E-state index in [1.165, 1.54) is 0 Å². The van der Waals surface area contributed by atoms with E-state index in [0.717, 1.165) is 38.3 Å². The van der Waals surface area contributed by atoms with Gasteiger partial charge in [0.05, 0.1) is 35.5 Å². The second-order valence-corrected chi connectivity index (χ2v) is 6.88. The summed E-state index contributed by atoms with van der Waals surface area (Å²) in [6, 6.07) is 16.2. The SMILES string of the molecule is CC(CO)(CO)NCc1nc2c3ccccc3cnc2c2ccccc12. The third-order valence-electron chi connectivity index (χ3n) is 4.89. The van der Waals surface area contributed by atoms with Crippen LogP contribution >= 0.6 is 0 Å². The number of hydrogen-bond donors (Lipinski definition) is 3. The molecule has 3 N–H and O–H groups in total. The Balaban J connectivity index is 1.94. The molecule has 0 aliphatic heterocycles. The molecule has 0 unspecified atom stereocenters. The highest BCUT2D eigenvalue weighted by Gasteiger charge is 2.22. The lowest BCUT2D eigenvalue weighted by Crippen LogP contribution is -2.48. The highest BCUT2D eigenvalue weighted by Crippen LogP contribution is 2.29. The third-order valence-corrected chi connectivity index (χ3v) is 4.89. The van der Waals surface area contributed by atoms with Gasteiger partial charge >= 0.3 is 0 Å². The van der Waals surface area contributed by atoms with Gasteiger partial charge < -0.3 is 15.5 Å². The molecule has 0 aliphatic carbocycles. The lowest BCUT2D eigenvalue weighted by molar-refractivity contribution is 0.103. The van der Waals surface area contributed by atoms with Crippen LogP contribution in [-0.2, 0) is 6.54 Å². The fourth-order valence-electron chi connectivity index (χ4n) is 3.19. The Morgan fingerprint density at radius 3 is 2.27 bits per heavy atom. The number of aliphatic hydroxyl groups is 2. The summed E-state index contributed by atoms with van der Waals surface area (Å²) in [4.78, 5) is 9.57. The average Bonchev–Trinajstić information content (AvgIpc) is 2.71. The fourth-order valence-corrected chi connectivity index (χ4v) is 3.19. The molecule has 5 nitrogen and oxygen atoms in total. The summed E-state index contributed by atoms with van der Waals surface area (Å²) in [7, 11) is 0. The molecule has 0 atom stereocenters. The van der Waals surface area contributed by atoms with Crippen molar-refractivity contribution >= 4 is 32.6 Å². The number of pyridine rings is 2. The van der Waals surface area contributed by atoms with Gasteiger partial charge in [0, 0.05) is 34.3 Å². The predicted molar refractivity (Wildman–Crippen MR) is 104 cm³/mol. The van der Waals surface area contributed by atoms with Crippen LogP contribution in [0.4, 0.5) is 0 Å². The van der Waals surface area contributed by atoms with Crippen LogP contribution in [0.2, 0.25) is 0 Å². The molecule has 4 aromatic rings. The lowest BCUT2D eigenvalue weighted by Gasteiger charge is -2.26. The molecule has 2 aromatic heterocycles. The highest BCUT2D eigenvalue weighted by molar-refractivity contribution is 6.13. The van der Waals surface area contributed by atoms with Gasteiger partial charge in [0.2, 0.25) is 0 Å². The minimum Gasteiger partial charge on any atom is -0.394 e. The first-order valence-corrected chi connectivity index (χ1v) is 8.67. The molecular formula is C21H21N3O2. The summed E-state index contributed by atoms with van der Waals surface area (Å²) in [6.07, 6.45) is 1.89. The van der Waals surface area contributed by atoms with E-state index in [4.69, 9.17) is 4.98 Å². The second kappa shape index (κ2) is 6.61. The Labute approximate surface area is 151 Å². The molecule has 0 aliphatic rings. The van der Waals surface area contributed by atoms with Crippen LogP contribution in [0, 0.1) is 0 Å². The van der Waals surface area contributed by atoms with Crippen LogP contribution in [0.3, 0.4) is 0 Å². The van der Waals surface area contributed by atoms with E-state index in [2.05, 4.69) is 22.4 Å². The first-order chi connectivity index (χ1) is 12.6. The number of hydrogen-bond acceptors (Lipinski definition) is 5. The van der Waals surface area contributed by atoms with Gasteiger partial charge in [-0.1, -0.05) is 48.5 Å². The van der Waals surface area contributed by atoms with Crippen LogP contribution < -0.4 is 5.32 Å². The normalized spacial score (nSPS) is 12.3. The van der Waals surface area contributed by atoms with Crippen molar-refractivity contribution in [2.45, 2.75) is 19.0 Å². The Morgan fingerprint density at radius 1 is 0.885 bits per heavy atom.